The molecule has 0 spiro atoms. The minimum Gasteiger partial charge on any atom is -0.452 e. The van der Waals surface area contributed by atoms with Crippen molar-refractivity contribution in [2.45, 2.75) is 6.42 Å². The zero-order chi connectivity index (χ0) is 21.6. The molecule has 0 bridgehead atoms. The van der Waals surface area contributed by atoms with E-state index in [4.69, 9.17) is 10.00 Å². The standard InChI is InChI=1S/C24H17N3O3S/c25-12-11-16-7-9-17(10-8-16)26-23(28)15-30-24(29)19-14-21(22-6-3-13-31-22)27-20-5-2-1-4-18(19)20/h1-10,13-14H,11,15H2,(H,26,28). The third-order valence-electron chi connectivity index (χ3n) is 4.56. The number of nitrogens with one attached hydrogen (secondary N) is 1. The summed E-state index contributed by atoms with van der Waals surface area (Å²) in [5.74, 6) is -1.03. The molecule has 31 heavy (non-hydrogen) atoms. The van der Waals surface area contributed by atoms with Crippen molar-refractivity contribution >= 4 is 39.8 Å². The first-order chi connectivity index (χ1) is 15.1. The van der Waals surface area contributed by atoms with Gasteiger partial charge in [0.2, 0.25) is 0 Å². The summed E-state index contributed by atoms with van der Waals surface area (Å²) in [6.45, 7) is -0.413. The van der Waals surface area contributed by atoms with Crippen molar-refractivity contribution in [1.29, 1.82) is 5.26 Å². The molecule has 0 aliphatic carbocycles. The Morgan fingerprint density at radius 1 is 1.06 bits per heavy atom. The van der Waals surface area contributed by atoms with E-state index in [0.717, 1.165) is 10.4 Å². The summed E-state index contributed by atoms with van der Waals surface area (Å²) in [7, 11) is 0. The summed E-state index contributed by atoms with van der Waals surface area (Å²) in [5, 5.41) is 14.0. The topological polar surface area (TPSA) is 92.1 Å². The SMILES string of the molecule is N#CCc1ccc(NC(=O)COC(=O)c2cc(-c3cccs3)nc3ccccc23)cc1. The molecule has 152 valence electrons. The van der Waals surface area contributed by atoms with Crippen LogP contribution in [0.4, 0.5) is 5.69 Å². The highest BCUT2D eigenvalue weighted by Gasteiger charge is 2.17. The van der Waals surface area contributed by atoms with Gasteiger partial charge in [0.25, 0.3) is 5.91 Å². The summed E-state index contributed by atoms with van der Waals surface area (Å²) < 4.78 is 5.29. The number of carbonyl (C=O) groups excluding carboxylic acids is 2. The van der Waals surface area contributed by atoms with Crippen LogP contribution in [0.3, 0.4) is 0 Å². The van der Waals surface area contributed by atoms with Crippen LogP contribution in [0.5, 0.6) is 0 Å². The van der Waals surface area contributed by atoms with Gasteiger partial charge in [-0.15, -0.1) is 11.3 Å². The van der Waals surface area contributed by atoms with E-state index < -0.39 is 18.5 Å². The van der Waals surface area contributed by atoms with E-state index in [0.29, 0.717) is 34.3 Å². The van der Waals surface area contributed by atoms with Crippen molar-refractivity contribution in [2.24, 2.45) is 0 Å². The molecule has 2 heterocycles. The van der Waals surface area contributed by atoms with Crippen molar-refractivity contribution in [1.82, 2.24) is 4.98 Å². The molecule has 1 amide bonds. The maximum Gasteiger partial charge on any atom is 0.339 e. The number of hydrogen-bond donors (Lipinski definition) is 1. The number of carbonyl (C=O) groups is 2. The second-order valence-corrected chi connectivity index (χ2v) is 7.65. The number of pyridine rings is 1. The average Bonchev–Trinajstić information content (AvgIpc) is 3.33. The van der Waals surface area contributed by atoms with Crippen molar-refractivity contribution in [3.63, 3.8) is 0 Å². The number of benzene rings is 2. The molecule has 0 fully saturated rings. The molecule has 0 radical (unpaired) electrons. The third-order valence-corrected chi connectivity index (χ3v) is 5.46. The maximum atomic E-state index is 12.8. The Morgan fingerprint density at radius 3 is 2.61 bits per heavy atom. The number of esters is 1. The van der Waals surface area contributed by atoms with Gasteiger partial charge in [-0.2, -0.15) is 5.26 Å². The normalized spacial score (nSPS) is 10.4. The molecule has 0 aliphatic heterocycles. The molecule has 0 saturated heterocycles. The van der Waals surface area contributed by atoms with E-state index in [1.165, 1.54) is 11.3 Å². The van der Waals surface area contributed by atoms with Gasteiger partial charge in [0, 0.05) is 11.1 Å². The van der Waals surface area contributed by atoms with Gasteiger partial charge in [-0.1, -0.05) is 36.4 Å². The number of amides is 1. The van der Waals surface area contributed by atoms with Crippen LogP contribution in [-0.2, 0) is 16.0 Å². The second-order valence-electron chi connectivity index (χ2n) is 6.71. The molecule has 2 aromatic carbocycles. The van der Waals surface area contributed by atoms with Crippen LogP contribution in [0.25, 0.3) is 21.5 Å². The Morgan fingerprint density at radius 2 is 1.87 bits per heavy atom. The second kappa shape index (κ2) is 9.20. The minimum atomic E-state index is -0.587. The Labute approximate surface area is 182 Å². The van der Waals surface area contributed by atoms with E-state index in [-0.39, 0.29) is 0 Å². The zero-order valence-electron chi connectivity index (χ0n) is 16.4. The van der Waals surface area contributed by atoms with E-state index >= 15 is 0 Å². The summed E-state index contributed by atoms with van der Waals surface area (Å²) >= 11 is 1.53. The van der Waals surface area contributed by atoms with E-state index in [9.17, 15) is 9.59 Å². The number of thiophene rings is 1. The van der Waals surface area contributed by atoms with Crippen LogP contribution >= 0.6 is 11.3 Å². The van der Waals surface area contributed by atoms with E-state index in [1.54, 1.807) is 36.4 Å². The van der Waals surface area contributed by atoms with Crippen molar-refractivity contribution < 1.29 is 14.3 Å². The van der Waals surface area contributed by atoms with Gasteiger partial charge >= 0.3 is 5.97 Å². The fourth-order valence-corrected chi connectivity index (χ4v) is 3.78. The lowest BCUT2D eigenvalue weighted by Gasteiger charge is -2.10. The quantitative estimate of drug-likeness (QED) is 0.445. The predicted octanol–water partition coefficient (Wildman–Crippen LogP) is 4.82. The zero-order valence-corrected chi connectivity index (χ0v) is 17.2. The highest BCUT2D eigenvalue weighted by Crippen LogP contribution is 2.28. The van der Waals surface area contributed by atoms with Crippen LogP contribution in [0, 0.1) is 11.3 Å². The number of nitrogens with zero attached hydrogens (tertiary/aromatic N) is 2. The molecular weight excluding hydrogens is 410 g/mol. The first-order valence-electron chi connectivity index (χ1n) is 9.50. The van der Waals surface area contributed by atoms with Gasteiger partial charge in [0.1, 0.15) is 0 Å². The summed E-state index contributed by atoms with van der Waals surface area (Å²) in [5.41, 5.74) is 3.16. The first-order valence-corrected chi connectivity index (χ1v) is 10.4. The molecule has 0 saturated carbocycles. The molecule has 2 aromatic heterocycles. The molecule has 4 aromatic rings. The van der Waals surface area contributed by atoms with Crippen LogP contribution < -0.4 is 5.32 Å². The largest absolute Gasteiger partial charge is 0.452 e. The average molecular weight is 427 g/mol. The van der Waals surface area contributed by atoms with Crippen LogP contribution in [0.15, 0.2) is 72.1 Å². The van der Waals surface area contributed by atoms with Crippen molar-refractivity contribution in [3.05, 3.63) is 83.2 Å². The Bertz CT molecular complexity index is 1280. The number of rotatable bonds is 6. The summed E-state index contributed by atoms with van der Waals surface area (Å²) in [6.07, 6.45) is 0.305. The van der Waals surface area contributed by atoms with Gasteiger partial charge < -0.3 is 10.1 Å². The first kappa shape index (κ1) is 20.3. The van der Waals surface area contributed by atoms with Gasteiger partial charge in [-0.05, 0) is 41.3 Å². The molecule has 4 rings (SSSR count). The number of nitriles is 1. The minimum absolute atomic E-state index is 0.305. The van der Waals surface area contributed by atoms with Gasteiger partial charge in [0.15, 0.2) is 6.61 Å². The highest BCUT2D eigenvalue weighted by atomic mass is 32.1. The van der Waals surface area contributed by atoms with E-state index in [1.807, 2.05) is 35.7 Å². The molecule has 0 aliphatic rings. The summed E-state index contributed by atoms with van der Waals surface area (Å²) in [4.78, 5) is 30.6. The molecular formula is C24H17N3O3S. The third kappa shape index (κ3) is 4.77. The van der Waals surface area contributed by atoms with E-state index in [2.05, 4.69) is 16.4 Å². The monoisotopic (exact) mass is 427 g/mol. The number of anilines is 1. The van der Waals surface area contributed by atoms with Gasteiger partial charge in [-0.25, -0.2) is 9.78 Å². The summed E-state index contributed by atoms with van der Waals surface area (Å²) in [6, 6.07) is 21.9. The number of aromatic nitrogens is 1. The number of ether oxygens (including phenoxy) is 1. The maximum absolute atomic E-state index is 12.8. The molecule has 0 atom stereocenters. The van der Waals surface area contributed by atoms with Crippen LogP contribution in [-0.4, -0.2) is 23.5 Å². The Balaban J connectivity index is 1.48. The Kier molecular flexibility index (Phi) is 6.01. The lowest BCUT2D eigenvalue weighted by atomic mass is 10.1. The van der Waals surface area contributed by atoms with Crippen LogP contribution in [0.1, 0.15) is 15.9 Å². The highest BCUT2D eigenvalue weighted by molar-refractivity contribution is 7.13. The van der Waals surface area contributed by atoms with Crippen molar-refractivity contribution in [3.8, 4) is 16.6 Å². The van der Waals surface area contributed by atoms with Gasteiger partial charge in [0.05, 0.1) is 34.1 Å². The fraction of sp³-hybridized carbons (Fsp3) is 0.0833. The Hall–Kier alpha value is -4.02. The number of hydrogen-bond acceptors (Lipinski definition) is 6. The molecule has 0 unspecified atom stereocenters. The molecule has 7 heteroatoms. The molecule has 6 nitrogen and oxygen atoms in total. The lowest BCUT2D eigenvalue weighted by molar-refractivity contribution is -0.119. The van der Waals surface area contributed by atoms with Crippen molar-refractivity contribution in [2.75, 3.05) is 11.9 Å². The predicted molar refractivity (Wildman–Crippen MR) is 120 cm³/mol. The smallest absolute Gasteiger partial charge is 0.339 e. The van der Waals surface area contributed by atoms with Gasteiger partial charge in [-0.3, -0.25) is 4.79 Å². The lowest BCUT2D eigenvalue weighted by Crippen LogP contribution is -2.21. The number of para-hydroxylation sites is 1. The number of fused-ring (bicyclic) bond motifs is 1. The molecule has 1 N–H and O–H groups in total. The van der Waals surface area contributed by atoms with Crippen LogP contribution in [0.2, 0.25) is 0 Å². The fourth-order valence-electron chi connectivity index (χ4n) is 3.10.